The maximum atomic E-state index is 12.0. The van der Waals surface area contributed by atoms with Crippen LogP contribution in [0, 0.1) is 16.0 Å². The zero-order valence-corrected chi connectivity index (χ0v) is 15.1. The number of nitro benzene ring substituents is 1. The van der Waals surface area contributed by atoms with Gasteiger partial charge in [-0.25, -0.2) is 13.1 Å². The first kappa shape index (κ1) is 21.3. The fourth-order valence-corrected chi connectivity index (χ4v) is 3.08. The van der Waals surface area contributed by atoms with Gasteiger partial charge in [-0.2, -0.15) is 0 Å². The van der Waals surface area contributed by atoms with Gasteiger partial charge >= 0.3 is 0 Å². The Hall–Kier alpha value is -1.75. The predicted octanol–water partition coefficient (Wildman–Crippen LogP) is 0.411. The number of hydrogen-bond acceptors (Lipinski definition) is 6. The molecule has 1 saturated carbocycles. The van der Waals surface area contributed by atoms with E-state index in [0.717, 1.165) is 12.6 Å². The topological polar surface area (TPSA) is 130 Å². The first-order valence-electron chi connectivity index (χ1n) is 7.60. The summed E-state index contributed by atoms with van der Waals surface area (Å²) in [7, 11) is -3.86. The Kier molecular flexibility index (Phi) is 8.23. The number of halogens is 1. The molecule has 1 amide bonds. The molecule has 25 heavy (non-hydrogen) atoms. The zero-order valence-electron chi connectivity index (χ0n) is 13.4. The number of carbonyl (C=O) groups is 1. The van der Waals surface area contributed by atoms with E-state index in [1.54, 1.807) is 0 Å². The second kappa shape index (κ2) is 9.66. The summed E-state index contributed by atoms with van der Waals surface area (Å²) < 4.78 is 26.4. The van der Waals surface area contributed by atoms with Gasteiger partial charge in [0.15, 0.2) is 0 Å². The number of non-ortho nitro benzene ring substituents is 1. The van der Waals surface area contributed by atoms with Gasteiger partial charge in [0.2, 0.25) is 15.9 Å². The van der Waals surface area contributed by atoms with Crippen LogP contribution in [0.15, 0.2) is 29.2 Å². The Balaban J connectivity index is 0.00000312. The van der Waals surface area contributed by atoms with Gasteiger partial charge < -0.3 is 10.6 Å². The van der Waals surface area contributed by atoms with Crippen LogP contribution in [-0.4, -0.2) is 45.4 Å². The largest absolute Gasteiger partial charge is 0.354 e. The van der Waals surface area contributed by atoms with Crippen LogP contribution in [-0.2, 0) is 14.8 Å². The van der Waals surface area contributed by atoms with Crippen LogP contribution in [0.3, 0.4) is 0 Å². The number of sulfonamides is 1. The van der Waals surface area contributed by atoms with Crippen LogP contribution in [0.2, 0.25) is 0 Å². The summed E-state index contributed by atoms with van der Waals surface area (Å²) in [6.07, 6.45) is 2.40. The molecule has 0 heterocycles. The lowest BCUT2D eigenvalue weighted by atomic mass is 10.3. The number of nitrogens with one attached hydrogen (secondary N) is 3. The highest BCUT2D eigenvalue weighted by atomic mass is 35.5. The molecule has 1 aliphatic carbocycles. The van der Waals surface area contributed by atoms with Crippen LogP contribution < -0.4 is 15.4 Å². The number of rotatable bonds is 10. The fraction of sp³-hybridized carbons (Fsp3) is 0.500. The van der Waals surface area contributed by atoms with Gasteiger partial charge in [-0.1, -0.05) is 6.07 Å². The van der Waals surface area contributed by atoms with E-state index < -0.39 is 14.9 Å². The number of carbonyl (C=O) groups excluding carboxylic acids is 1. The third kappa shape index (κ3) is 7.34. The lowest BCUT2D eigenvalue weighted by Crippen LogP contribution is -2.39. The lowest BCUT2D eigenvalue weighted by Gasteiger charge is -2.08. The second-order valence-corrected chi connectivity index (χ2v) is 7.34. The number of nitrogens with zero attached hydrogens (tertiary/aromatic N) is 1. The monoisotopic (exact) mass is 392 g/mol. The van der Waals surface area contributed by atoms with Gasteiger partial charge in [0.05, 0.1) is 16.4 Å². The molecule has 0 unspecified atom stereocenters. The second-order valence-electron chi connectivity index (χ2n) is 5.58. The molecule has 1 aromatic rings. The highest BCUT2D eigenvalue weighted by Crippen LogP contribution is 2.27. The van der Waals surface area contributed by atoms with Crippen molar-refractivity contribution in [2.24, 2.45) is 5.92 Å². The van der Waals surface area contributed by atoms with E-state index >= 15 is 0 Å². The third-order valence-electron chi connectivity index (χ3n) is 3.49. The number of benzene rings is 1. The standard InChI is InChI=1S/C14H20N4O5S.ClH/c19-14(10-15-9-11-4-5-11)16-6-7-17-24(22,23)13-3-1-2-12(8-13)18(20)21;/h1-3,8,11,15,17H,4-7,9-10H2,(H,16,19);1H. The zero-order chi connectivity index (χ0) is 17.6. The highest BCUT2D eigenvalue weighted by Gasteiger charge is 2.20. The minimum Gasteiger partial charge on any atom is -0.354 e. The highest BCUT2D eigenvalue weighted by molar-refractivity contribution is 7.89. The number of amides is 1. The van der Waals surface area contributed by atoms with Gasteiger partial charge in [0.25, 0.3) is 5.69 Å². The maximum Gasteiger partial charge on any atom is 0.270 e. The molecule has 140 valence electrons. The van der Waals surface area contributed by atoms with Crippen LogP contribution in [0.1, 0.15) is 12.8 Å². The van der Waals surface area contributed by atoms with Crippen molar-refractivity contribution in [3.63, 3.8) is 0 Å². The molecule has 0 saturated heterocycles. The summed E-state index contributed by atoms with van der Waals surface area (Å²) in [5.41, 5.74) is -0.298. The molecule has 0 bridgehead atoms. The maximum absolute atomic E-state index is 12.0. The molecule has 11 heteroatoms. The first-order chi connectivity index (χ1) is 11.4. The molecular weight excluding hydrogens is 372 g/mol. The summed E-state index contributed by atoms with van der Waals surface area (Å²) in [6, 6.07) is 4.78. The smallest absolute Gasteiger partial charge is 0.270 e. The quantitative estimate of drug-likeness (QED) is 0.300. The summed E-state index contributed by atoms with van der Waals surface area (Å²) in [6.45, 7) is 1.17. The minimum absolute atomic E-state index is 0. The van der Waals surface area contributed by atoms with Gasteiger partial charge in [-0.3, -0.25) is 14.9 Å². The molecule has 1 aliphatic rings. The Bertz CT molecular complexity index is 709. The van der Waals surface area contributed by atoms with Crippen molar-refractivity contribution in [1.29, 1.82) is 0 Å². The average molecular weight is 393 g/mol. The van der Waals surface area contributed by atoms with E-state index in [2.05, 4.69) is 15.4 Å². The first-order valence-corrected chi connectivity index (χ1v) is 9.08. The van der Waals surface area contributed by atoms with Crippen molar-refractivity contribution in [1.82, 2.24) is 15.4 Å². The number of nitro groups is 1. The van der Waals surface area contributed by atoms with Gasteiger partial charge in [0.1, 0.15) is 0 Å². The van der Waals surface area contributed by atoms with Crippen molar-refractivity contribution in [3.8, 4) is 0 Å². The van der Waals surface area contributed by atoms with E-state index in [1.807, 2.05) is 0 Å². The van der Waals surface area contributed by atoms with E-state index in [1.165, 1.54) is 31.0 Å². The summed E-state index contributed by atoms with van der Waals surface area (Å²) in [5.74, 6) is 0.477. The molecule has 9 nitrogen and oxygen atoms in total. The molecular formula is C14H21ClN4O5S. The molecule has 1 aromatic carbocycles. The molecule has 0 aliphatic heterocycles. The summed E-state index contributed by atoms with van der Waals surface area (Å²) in [4.78, 5) is 21.4. The average Bonchev–Trinajstić information content (AvgIpc) is 3.36. The van der Waals surface area contributed by atoms with Gasteiger partial charge in [-0.05, 0) is 31.4 Å². The van der Waals surface area contributed by atoms with Crippen LogP contribution in [0.25, 0.3) is 0 Å². The minimum atomic E-state index is -3.86. The van der Waals surface area contributed by atoms with Crippen LogP contribution in [0.5, 0.6) is 0 Å². The predicted molar refractivity (Wildman–Crippen MR) is 94.1 cm³/mol. The SMILES string of the molecule is Cl.O=C(CNCC1CC1)NCCNS(=O)(=O)c1cccc([N+](=O)[O-])c1. The Labute approximate surface area is 152 Å². The van der Waals surface area contributed by atoms with Crippen molar-refractivity contribution < 1.29 is 18.1 Å². The molecule has 0 spiro atoms. The molecule has 0 atom stereocenters. The van der Waals surface area contributed by atoms with E-state index in [0.29, 0.717) is 5.92 Å². The third-order valence-corrected chi connectivity index (χ3v) is 4.95. The van der Waals surface area contributed by atoms with Crippen LogP contribution >= 0.6 is 12.4 Å². The van der Waals surface area contributed by atoms with Crippen molar-refractivity contribution in [2.75, 3.05) is 26.2 Å². The molecule has 1 fully saturated rings. The van der Waals surface area contributed by atoms with Crippen molar-refractivity contribution in [2.45, 2.75) is 17.7 Å². The van der Waals surface area contributed by atoms with Gasteiger partial charge in [0, 0.05) is 25.2 Å². The van der Waals surface area contributed by atoms with E-state index in [4.69, 9.17) is 0 Å². The Morgan fingerprint density at radius 3 is 2.64 bits per heavy atom. The van der Waals surface area contributed by atoms with Crippen molar-refractivity contribution in [3.05, 3.63) is 34.4 Å². The van der Waals surface area contributed by atoms with Crippen molar-refractivity contribution >= 4 is 34.0 Å². The lowest BCUT2D eigenvalue weighted by molar-refractivity contribution is -0.385. The Morgan fingerprint density at radius 1 is 1.28 bits per heavy atom. The fourth-order valence-electron chi connectivity index (χ4n) is 2.01. The Morgan fingerprint density at radius 2 is 2.00 bits per heavy atom. The van der Waals surface area contributed by atoms with Crippen LogP contribution in [0.4, 0.5) is 5.69 Å². The van der Waals surface area contributed by atoms with E-state index in [-0.39, 0.29) is 48.5 Å². The molecule has 3 N–H and O–H groups in total. The summed E-state index contributed by atoms with van der Waals surface area (Å²) >= 11 is 0. The van der Waals surface area contributed by atoms with Gasteiger partial charge in [-0.15, -0.1) is 12.4 Å². The molecule has 0 aromatic heterocycles. The van der Waals surface area contributed by atoms with E-state index in [9.17, 15) is 23.3 Å². The summed E-state index contributed by atoms with van der Waals surface area (Å²) in [5, 5.41) is 16.3. The molecule has 2 rings (SSSR count). The normalized spacial score (nSPS) is 13.8. The molecule has 0 radical (unpaired) electrons. The number of hydrogen-bond donors (Lipinski definition) is 3.